The van der Waals surface area contributed by atoms with Crippen molar-refractivity contribution in [3.8, 4) is 0 Å². The topological polar surface area (TPSA) is 70.7 Å². The summed E-state index contributed by atoms with van der Waals surface area (Å²) in [5.41, 5.74) is 0. The average molecular weight is 305 g/mol. The van der Waals surface area contributed by atoms with E-state index in [1.54, 1.807) is 0 Å². The van der Waals surface area contributed by atoms with Crippen LogP contribution in [0.25, 0.3) is 0 Å². The van der Waals surface area contributed by atoms with E-state index in [0.29, 0.717) is 25.6 Å². The number of unbranched alkanes of at least 4 members (excludes halogenated alkanes) is 1. The van der Waals surface area contributed by atoms with Gasteiger partial charge in [-0.3, -0.25) is 0 Å². The molecule has 20 heavy (non-hydrogen) atoms. The summed E-state index contributed by atoms with van der Waals surface area (Å²) in [5, 5.41) is 3.39. The maximum Gasteiger partial charge on any atom is 0.211 e. The summed E-state index contributed by atoms with van der Waals surface area (Å²) >= 11 is 0. The Morgan fingerprint density at radius 2 is 2.10 bits per heavy atom. The first kappa shape index (κ1) is 16.2. The van der Waals surface area contributed by atoms with Gasteiger partial charge in [-0.15, -0.1) is 0 Å². The zero-order chi connectivity index (χ0) is 14.4. The van der Waals surface area contributed by atoms with Crippen molar-refractivity contribution in [3.05, 3.63) is 0 Å². The fourth-order valence-electron chi connectivity index (χ4n) is 2.29. The van der Waals surface area contributed by atoms with Crippen LogP contribution >= 0.6 is 0 Å². The molecule has 1 unspecified atom stereocenters. The molecule has 0 amide bonds. The normalized spacial score (nSPS) is 24.9. The SMILES string of the molecule is CN1CCOC(CNS(=O)(=O)CCCCNC2CC2)C1. The van der Waals surface area contributed by atoms with Crippen LogP contribution in [0.5, 0.6) is 0 Å². The van der Waals surface area contributed by atoms with E-state index in [9.17, 15) is 8.42 Å². The molecule has 6 nitrogen and oxygen atoms in total. The van der Waals surface area contributed by atoms with Crippen molar-refractivity contribution in [3.63, 3.8) is 0 Å². The van der Waals surface area contributed by atoms with Crippen molar-refractivity contribution in [1.29, 1.82) is 0 Å². The molecule has 1 aliphatic carbocycles. The van der Waals surface area contributed by atoms with Gasteiger partial charge in [-0.2, -0.15) is 0 Å². The van der Waals surface area contributed by atoms with E-state index in [1.165, 1.54) is 12.8 Å². The maximum atomic E-state index is 11.9. The Morgan fingerprint density at radius 1 is 1.30 bits per heavy atom. The summed E-state index contributed by atoms with van der Waals surface area (Å²) in [5.74, 6) is 0.210. The van der Waals surface area contributed by atoms with E-state index in [4.69, 9.17) is 4.74 Å². The third-order valence-corrected chi connectivity index (χ3v) is 5.16. The molecule has 2 rings (SSSR count). The average Bonchev–Trinajstić information content (AvgIpc) is 3.20. The van der Waals surface area contributed by atoms with Gasteiger partial charge in [0.1, 0.15) is 0 Å². The van der Waals surface area contributed by atoms with E-state index < -0.39 is 10.0 Å². The van der Waals surface area contributed by atoms with Crippen molar-refractivity contribution in [2.45, 2.75) is 37.8 Å². The molecule has 1 saturated heterocycles. The molecule has 2 aliphatic rings. The van der Waals surface area contributed by atoms with Crippen LogP contribution in [0.15, 0.2) is 0 Å². The molecule has 7 heteroatoms. The number of nitrogens with zero attached hydrogens (tertiary/aromatic N) is 1. The molecule has 0 aromatic rings. The predicted molar refractivity (Wildman–Crippen MR) is 79.3 cm³/mol. The summed E-state index contributed by atoms with van der Waals surface area (Å²) in [7, 11) is -1.14. The van der Waals surface area contributed by atoms with E-state index in [2.05, 4.69) is 14.9 Å². The second-order valence-corrected chi connectivity index (χ2v) is 7.78. The fourth-order valence-corrected chi connectivity index (χ4v) is 3.46. The number of likely N-dealkylation sites (N-methyl/N-ethyl adjacent to an activating group) is 1. The Morgan fingerprint density at radius 3 is 2.80 bits per heavy atom. The Balaban J connectivity index is 1.55. The lowest BCUT2D eigenvalue weighted by Crippen LogP contribution is -2.46. The molecule has 0 bridgehead atoms. The van der Waals surface area contributed by atoms with Gasteiger partial charge < -0.3 is 15.0 Å². The number of ether oxygens (including phenoxy) is 1. The van der Waals surface area contributed by atoms with Gasteiger partial charge in [0.15, 0.2) is 0 Å². The van der Waals surface area contributed by atoms with Gasteiger partial charge in [-0.25, -0.2) is 13.1 Å². The smallest absolute Gasteiger partial charge is 0.211 e. The number of sulfonamides is 1. The standard InChI is InChI=1S/C13H27N3O3S/c1-16-7-8-19-13(11-16)10-15-20(17,18)9-3-2-6-14-12-4-5-12/h12-15H,2-11H2,1H3. The molecule has 2 N–H and O–H groups in total. The molecule has 0 spiro atoms. The molecule has 1 heterocycles. The Labute approximate surface area is 122 Å². The molecular formula is C13H27N3O3S. The highest BCUT2D eigenvalue weighted by molar-refractivity contribution is 7.89. The zero-order valence-electron chi connectivity index (χ0n) is 12.3. The molecule has 2 fully saturated rings. The summed E-state index contributed by atoms with van der Waals surface area (Å²) in [4.78, 5) is 2.16. The van der Waals surface area contributed by atoms with E-state index in [-0.39, 0.29) is 11.9 Å². The van der Waals surface area contributed by atoms with Crippen LogP contribution < -0.4 is 10.0 Å². The van der Waals surface area contributed by atoms with Crippen LogP contribution in [0, 0.1) is 0 Å². The minimum Gasteiger partial charge on any atom is -0.374 e. The summed E-state index contributed by atoms with van der Waals surface area (Å²) in [6.07, 6.45) is 4.14. The van der Waals surface area contributed by atoms with Crippen LogP contribution in [0.3, 0.4) is 0 Å². The number of hydrogen-bond donors (Lipinski definition) is 2. The molecule has 1 atom stereocenters. The van der Waals surface area contributed by atoms with E-state index in [1.807, 2.05) is 7.05 Å². The molecule has 0 aromatic heterocycles. The van der Waals surface area contributed by atoms with Crippen molar-refractivity contribution in [2.24, 2.45) is 0 Å². The van der Waals surface area contributed by atoms with Gasteiger partial charge in [-0.05, 0) is 39.3 Å². The first-order valence-electron chi connectivity index (χ1n) is 7.56. The summed E-state index contributed by atoms with van der Waals surface area (Å²) in [6, 6.07) is 0.699. The molecular weight excluding hydrogens is 278 g/mol. The highest BCUT2D eigenvalue weighted by Gasteiger charge is 2.21. The predicted octanol–water partition coefficient (Wildman–Crippen LogP) is -0.231. The maximum absolute atomic E-state index is 11.9. The molecule has 1 aliphatic heterocycles. The fraction of sp³-hybridized carbons (Fsp3) is 1.00. The van der Waals surface area contributed by atoms with Crippen LogP contribution in [-0.2, 0) is 14.8 Å². The van der Waals surface area contributed by atoms with Gasteiger partial charge in [0.05, 0.1) is 18.5 Å². The third-order valence-electron chi connectivity index (χ3n) is 3.72. The first-order valence-corrected chi connectivity index (χ1v) is 9.21. The number of morpholine rings is 1. The minimum absolute atomic E-state index is 0.0277. The highest BCUT2D eigenvalue weighted by Crippen LogP contribution is 2.18. The minimum atomic E-state index is -3.16. The van der Waals surface area contributed by atoms with Crippen LogP contribution in [-0.4, -0.2) is 71.0 Å². The van der Waals surface area contributed by atoms with Crippen molar-refractivity contribution < 1.29 is 13.2 Å². The van der Waals surface area contributed by atoms with Crippen molar-refractivity contribution in [2.75, 3.05) is 45.6 Å². The quantitative estimate of drug-likeness (QED) is 0.576. The third kappa shape index (κ3) is 6.49. The van der Waals surface area contributed by atoms with Crippen molar-refractivity contribution >= 4 is 10.0 Å². The van der Waals surface area contributed by atoms with Gasteiger partial charge in [0.25, 0.3) is 0 Å². The molecule has 1 saturated carbocycles. The van der Waals surface area contributed by atoms with E-state index >= 15 is 0 Å². The largest absolute Gasteiger partial charge is 0.374 e. The van der Waals surface area contributed by atoms with Gasteiger partial charge in [-0.1, -0.05) is 0 Å². The monoisotopic (exact) mass is 305 g/mol. The van der Waals surface area contributed by atoms with Gasteiger partial charge >= 0.3 is 0 Å². The van der Waals surface area contributed by atoms with E-state index in [0.717, 1.165) is 26.1 Å². The van der Waals surface area contributed by atoms with Gasteiger partial charge in [0.2, 0.25) is 10.0 Å². The summed E-state index contributed by atoms with van der Waals surface area (Å²) < 4.78 is 31.9. The summed E-state index contributed by atoms with van der Waals surface area (Å²) in [6.45, 7) is 3.69. The second kappa shape index (κ2) is 7.70. The first-order chi connectivity index (χ1) is 9.55. The molecule has 118 valence electrons. The van der Waals surface area contributed by atoms with Crippen molar-refractivity contribution in [1.82, 2.24) is 14.9 Å². The molecule has 0 aromatic carbocycles. The molecule has 0 radical (unpaired) electrons. The number of nitrogens with one attached hydrogen (secondary N) is 2. The van der Waals surface area contributed by atoms with Gasteiger partial charge in [0, 0.05) is 25.7 Å². The Bertz CT molecular complexity index is 384. The number of hydrogen-bond acceptors (Lipinski definition) is 5. The number of rotatable bonds is 9. The lowest BCUT2D eigenvalue weighted by Gasteiger charge is -2.30. The van der Waals surface area contributed by atoms with Crippen LogP contribution in [0.1, 0.15) is 25.7 Å². The zero-order valence-corrected chi connectivity index (χ0v) is 13.1. The Hall–Kier alpha value is -0.210. The lowest BCUT2D eigenvalue weighted by molar-refractivity contribution is -0.0156. The Kier molecular flexibility index (Phi) is 6.22. The van der Waals surface area contributed by atoms with Crippen LogP contribution in [0.4, 0.5) is 0 Å². The second-order valence-electron chi connectivity index (χ2n) is 5.86. The highest BCUT2D eigenvalue weighted by atomic mass is 32.2. The van der Waals surface area contributed by atoms with Crippen LogP contribution in [0.2, 0.25) is 0 Å². The lowest BCUT2D eigenvalue weighted by atomic mass is 10.3.